The van der Waals surface area contributed by atoms with Crippen LogP contribution in [0.15, 0.2) is 12.1 Å². The van der Waals surface area contributed by atoms with E-state index in [1.807, 2.05) is 0 Å². The molecule has 0 fully saturated rings. The second-order valence-corrected chi connectivity index (χ2v) is 3.92. The minimum absolute atomic E-state index is 0.0538. The molecule has 88 valence electrons. The number of hydrogen-bond donors (Lipinski definition) is 1. The first-order valence-corrected chi connectivity index (χ1v) is 4.62. The summed E-state index contributed by atoms with van der Waals surface area (Å²) < 4.78 is 26.9. The van der Waals surface area contributed by atoms with Crippen molar-refractivity contribution >= 4 is 5.69 Å². The van der Waals surface area contributed by atoms with Crippen LogP contribution in [-0.4, -0.2) is 12.0 Å². The van der Waals surface area contributed by atoms with E-state index in [0.29, 0.717) is 6.07 Å². The van der Waals surface area contributed by atoms with Crippen LogP contribution in [0.1, 0.15) is 19.4 Å². The Morgan fingerprint density at radius 1 is 1.31 bits per heavy atom. The van der Waals surface area contributed by atoms with Gasteiger partial charge in [-0.1, -0.05) is 0 Å². The summed E-state index contributed by atoms with van der Waals surface area (Å²) in [5.41, 5.74) is -1.59. The molecule has 1 aromatic carbocycles. The zero-order valence-electron chi connectivity index (χ0n) is 9.17. The predicted octanol–water partition coefficient (Wildman–Crippen LogP) is 2.33. The van der Waals surface area contributed by atoms with Gasteiger partial charge in [-0.25, -0.2) is 4.39 Å². The van der Waals surface area contributed by atoms with Crippen LogP contribution in [0.5, 0.6) is 0 Å². The van der Waals surface area contributed by atoms with Gasteiger partial charge in [-0.3, -0.25) is 10.1 Å². The van der Waals surface area contributed by atoms with Crippen LogP contribution in [-0.2, 0) is 5.54 Å². The van der Waals surface area contributed by atoms with Crippen LogP contribution in [0.25, 0.3) is 0 Å². The van der Waals surface area contributed by atoms with E-state index < -0.39 is 27.8 Å². The van der Waals surface area contributed by atoms with Crippen molar-refractivity contribution in [3.05, 3.63) is 39.4 Å². The molecular weight excluding hydrogens is 218 g/mol. The molecule has 0 spiro atoms. The standard InChI is InChI=1S/C10H12F2N2O2/c1-10(2,13-3)6-4-8(12)9(14(15)16)5-7(6)11/h4-5,13H,1-3H3. The number of halogens is 2. The number of hydrogen-bond acceptors (Lipinski definition) is 3. The summed E-state index contributed by atoms with van der Waals surface area (Å²) in [6.07, 6.45) is 0. The molecule has 4 nitrogen and oxygen atoms in total. The van der Waals surface area contributed by atoms with E-state index >= 15 is 0 Å². The molecule has 0 aromatic heterocycles. The molecule has 0 aliphatic heterocycles. The van der Waals surface area contributed by atoms with Crippen LogP contribution < -0.4 is 5.32 Å². The topological polar surface area (TPSA) is 55.2 Å². The lowest BCUT2D eigenvalue weighted by Gasteiger charge is -2.24. The van der Waals surface area contributed by atoms with Crippen molar-refractivity contribution in [3.8, 4) is 0 Å². The van der Waals surface area contributed by atoms with Gasteiger partial charge in [0.2, 0.25) is 5.82 Å². The molecule has 0 heterocycles. The van der Waals surface area contributed by atoms with Crippen LogP contribution in [0.4, 0.5) is 14.5 Å². The average molecular weight is 230 g/mol. The number of nitrogens with zero attached hydrogens (tertiary/aromatic N) is 1. The minimum atomic E-state index is -1.04. The third kappa shape index (κ3) is 2.16. The van der Waals surface area contributed by atoms with E-state index in [9.17, 15) is 18.9 Å². The van der Waals surface area contributed by atoms with Crippen LogP contribution in [0, 0.1) is 21.7 Å². The average Bonchev–Trinajstić information content (AvgIpc) is 2.20. The Morgan fingerprint density at radius 3 is 2.31 bits per heavy atom. The Balaban J connectivity index is 3.37. The molecule has 0 aliphatic carbocycles. The number of nitro groups is 1. The predicted molar refractivity (Wildman–Crippen MR) is 55.1 cm³/mol. The van der Waals surface area contributed by atoms with E-state index in [1.54, 1.807) is 20.9 Å². The third-order valence-corrected chi connectivity index (χ3v) is 2.53. The van der Waals surface area contributed by atoms with E-state index in [1.165, 1.54) is 0 Å². The number of nitro benzene ring substituents is 1. The Morgan fingerprint density at radius 2 is 1.88 bits per heavy atom. The summed E-state index contributed by atoms with van der Waals surface area (Å²) >= 11 is 0. The molecule has 1 N–H and O–H groups in total. The molecule has 16 heavy (non-hydrogen) atoms. The highest BCUT2D eigenvalue weighted by Gasteiger charge is 2.26. The van der Waals surface area contributed by atoms with Gasteiger partial charge in [0.1, 0.15) is 5.82 Å². The lowest BCUT2D eigenvalue weighted by atomic mass is 9.93. The first kappa shape index (κ1) is 12.5. The summed E-state index contributed by atoms with van der Waals surface area (Å²) in [5, 5.41) is 13.2. The van der Waals surface area contributed by atoms with Gasteiger partial charge in [0.25, 0.3) is 0 Å². The summed E-state index contributed by atoms with van der Waals surface area (Å²) in [5.74, 6) is -1.84. The van der Waals surface area contributed by atoms with E-state index in [0.717, 1.165) is 6.07 Å². The minimum Gasteiger partial charge on any atom is -0.311 e. The van der Waals surface area contributed by atoms with Crippen molar-refractivity contribution in [2.75, 3.05) is 7.05 Å². The van der Waals surface area contributed by atoms with Gasteiger partial charge in [0.05, 0.1) is 11.0 Å². The van der Waals surface area contributed by atoms with Crippen LogP contribution in [0.2, 0.25) is 0 Å². The fourth-order valence-corrected chi connectivity index (χ4v) is 1.29. The van der Waals surface area contributed by atoms with Crippen molar-refractivity contribution in [2.24, 2.45) is 0 Å². The molecule has 1 aromatic rings. The van der Waals surface area contributed by atoms with E-state index in [4.69, 9.17) is 0 Å². The lowest BCUT2D eigenvalue weighted by molar-refractivity contribution is -0.387. The van der Waals surface area contributed by atoms with Crippen LogP contribution in [0.3, 0.4) is 0 Å². The molecule has 0 saturated carbocycles. The Bertz CT molecular complexity index is 433. The Hall–Kier alpha value is -1.56. The smallest absolute Gasteiger partial charge is 0.307 e. The highest BCUT2D eigenvalue weighted by Crippen LogP contribution is 2.28. The Kier molecular flexibility index (Phi) is 3.23. The zero-order chi connectivity index (χ0) is 12.5. The fourth-order valence-electron chi connectivity index (χ4n) is 1.29. The number of nitrogens with one attached hydrogen (secondary N) is 1. The van der Waals surface area contributed by atoms with Gasteiger partial charge in [-0.15, -0.1) is 0 Å². The van der Waals surface area contributed by atoms with Gasteiger partial charge in [-0.2, -0.15) is 4.39 Å². The highest BCUT2D eigenvalue weighted by molar-refractivity contribution is 5.38. The molecular formula is C10H12F2N2O2. The number of rotatable bonds is 3. The SMILES string of the molecule is CNC(C)(C)c1cc(F)c([N+](=O)[O-])cc1F. The van der Waals surface area contributed by atoms with Crippen molar-refractivity contribution in [1.82, 2.24) is 5.32 Å². The molecule has 6 heteroatoms. The van der Waals surface area contributed by atoms with Crippen molar-refractivity contribution < 1.29 is 13.7 Å². The second kappa shape index (κ2) is 4.13. The largest absolute Gasteiger partial charge is 0.311 e. The summed E-state index contributed by atoms with van der Waals surface area (Å²) in [6, 6.07) is 1.45. The summed E-state index contributed by atoms with van der Waals surface area (Å²) in [7, 11) is 1.60. The maximum Gasteiger partial charge on any atom is 0.307 e. The second-order valence-electron chi connectivity index (χ2n) is 3.92. The Labute approximate surface area is 91.4 Å². The highest BCUT2D eigenvalue weighted by atomic mass is 19.1. The van der Waals surface area contributed by atoms with Gasteiger partial charge < -0.3 is 5.32 Å². The molecule has 0 unspecified atom stereocenters. The normalized spacial score (nSPS) is 11.6. The molecule has 0 aliphatic rings. The monoisotopic (exact) mass is 230 g/mol. The molecule has 0 amide bonds. The van der Waals surface area contributed by atoms with E-state index in [2.05, 4.69) is 5.32 Å². The molecule has 0 radical (unpaired) electrons. The maximum absolute atomic E-state index is 13.6. The molecule has 0 atom stereocenters. The zero-order valence-corrected chi connectivity index (χ0v) is 9.17. The summed E-state index contributed by atoms with van der Waals surface area (Å²) in [4.78, 5) is 9.44. The van der Waals surface area contributed by atoms with Crippen molar-refractivity contribution in [2.45, 2.75) is 19.4 Å². The first-order chi connectivity index (χ1) is 7.29. The first-order valence-electron chi connectivity index (χ1n) is 4.62. The quantitative estimate of drug-likeness (QED) is 0.640. The van der Waals surface area contributed by atoms with Gasteiger partial charge >= 0.3 is 5.69 Å². The van der Waals surface area contributed by atoms with Crippen molar-refractivity contribution in [1.29, 1.82) is 0 Å². The van der Waals surface area contributed by atoms with Gasteiger partial charge in [0.15, 0.2) is 0 Å². The van der Waals surface area contributed by atoms with Crippen LogP contribution >= 0.6 is 0 Å². The van der Waals surface area contributed by atoms with Gasteiger partial charge in [-0.05, 0) is 27.0 Å². The van der Waals surface area contributed by atoms with Gasteiger partial charge in [0, 0.05) is 11.1 Å². The van der Waals surface area contributed by atoms with E-state index in [-0.39, 0.29) is 5.56 Å². The number of benzene rings is 1. The molecule has 0 bridgehead atoms. The lowest BCUT2D eigenvalue weighted by Crippen LogP contribution is -2.34. The molecule has 1 rings (SSSR count). The fraction of sp³-hybridized carbons (Fsp3) is 0.400. The van der Waals surface area contributed by atoms with Crippen molar-refractivity contribution in [3.63, 3.8) is 0 Å². The summed E-state index contributed by atoms with van der Waals surface area (Å²) in [6.45, 7) is 3.30. The third-order valence-electron chi connectivity index (χ3n) is 2.53. The maximum atomic E-state index is 13.6. The molecule has 0 saturated heterocycles.